The Morgan fingerprint density at radius 3 is 1.95 bits per heavy atom. The molecule has 1 fully saturated rings. The molecule has 37 heavy (non-hydrogen) atoms. The van der Waals surface area contributed by atoms with E-state index < -0.39 is 11.9 Å². The number of aliphatic carboxylic acids is 1. The van der Waals surface area contributed by atoms with Crippen molar-refractivity contribution in [3.05, 3.63) is 96.6 Å². The van der Waals surface area contributed by atoms with E-state index in [0.717, 1.165) is 16.9 Å². The van der Waals surface area contributed by atoms with Gasteiger partial charge in [-0.2, -0.15) is 0 Å². The molecule has 0 spiro atoms. The van der Waals surface area contributed by atoms with Crippen LogP contribution in [0, 0.1) is 5.92 Å². The third kappa shape index (κ3) is 6.46. The number of carbonyl (C=O) groups excluding carboxylic acids is 2. The minimum absolute atomic E-state index is 0.106. The molecule has 1 aliphatic rings. The Morgan fingerprint density at radius 2 is 1.41 bits per heavy atom. The molecule has 4 amide bonds. The van der Waals surface area contributed by atoms with Gasteiger partial charge in [0.05, 0.1) is 23.3 Å². The molecule has 0 unspecified atom stereocenters. The zero-order valence-electron chi connectivity index (χ0n) is 20.9. The van der Waals surface area contributed by atoms with E-state index in [1.54, 1.807) is 21.7 Å². The van der Waals surface area contributed by atoms with Gasteiger partial charge in [-0.3, -0.25) is 9.69 Å². The van der Waals surface area contributed by atoms with Crippen molar-refractivity contribution in [2.75, 3.05) is 25.0 Å². The molecule has 4 rings (SSSR count). The SMILES string of the molecule is CN(Cc1ccccc1)C(=O)N1C[C@@H](C(=O)O)CC[C@H]1CNC(=O)N(c1ccccc1)c1ccccc1. The molecule has 0 radical (unpaired) electrons. The Labute approximate surface area is 217 Å². The van der Waals surface area contributed by atoms with Crippen molar-refractivity contribution in [3.63, 3.8) is 0 Å². The first-order valence-corrected chi connectivity index (χ1v) is 12.4. The molecule has 2 N–H and O–H groups in total. The lowest BCUT2D eigenvalue weighted by Gasteiger charge is -2.40. The molecule has 0 bridgehead atoms. The molecule has 1 aliphatic heterocycles. The summed E-state index contributed by atoms with van der Waals surface area (Å²) in [5.41, 5.74) is 2.42. The van der Waals surface area contributed by atoms with Crippen LogP contribution in [0.25, 0.3) is 0 Å². The number of piperidine rings is 1. The molecule has 1 heterocycles. The number of para-hydroxylation sites is 2. The highest BCUT2D eigenvalue weighted by atomic mass is 16.4. The van der Waals surface area contributed by atoms with E-state index in [2.05, 4.69) is 5.32 Å². The predicted octanol–water partition coefficient (Wildman–Crippen LogP) is 4.95. The molecule has 0 saturated carbocycles. The van der Waals surface area contributed by atoms with E-state index in [1.807, 2.05) is 91.0 Å². The largest absolute Gasteiger partial charge is 0.481 e. The standard InChI is InChI=1S/C29H32N4O4/c1-31(20-22-11-5-2-6-12-22)29(37)32-21-23(27(34)35)17-18-26(32)19-30-28(36)33(24-13-7-3-8-14-24)25-15-9-4-10-16-25/h2-16,23,26H,17-21H2,1H3,(H,30,36)(H,34,35)/t23-,26-/m0/s1. The molecule has 8 heteroatoms. The molecular formula is C29H32N4O4. The number of likely N-dealkylation sites (tertiary alicyclic amines) is 1. The van der Waals surface area contributed by atoms with Crippen molar-refractivity contribution >= 4 is 29.4 Å². The fourth-order valence-corrected chi connectivity index (χ4v) is 4.64. The Kier molecular flexibility index (Phi) is 8.40. The maximum Gasteiger partial charge on any atom is 0.326 e. The zero-order valence-corrected chi connectivity index (χ0v) is 20.9. The van der Waals surface area contributed by atoms with Crippen molar-refractivity contribution in [1.82, 2.24) is 15.1 Å². The lowest BCUT2D eigenvalue weighted by Crippen LogP contribution is -2.56. The minimum atomic E-state index is -0.912. The van der Waals surface area contributed by atoms with Gasteiger partial charge in [-0.15, -0.1) is 0 Å². The molecule has 192 valence electrons. The van der Waals surface area contributed by atoms with Gasteiger partial charge in [-0.1, -0.05) is 66.7 Å². The number of urea groups is 2. The second kappa shape index (κ2) is 12.1. The summed E-state index contributed by atoms with van der Waals surface area (Å²) in [6.07, 6.45) is 0.933. The number of anilines is 2. The van der Waals surface area contributed by atoms with Gasteiger partial charge in [-0.25, -0.2) is 9.59 Å². The fraction of sp³-hybridized carbons (Fsp3) is 0.276. The predicted molar refractivity (Wildman–Crippen MR) is 143 cm³/mol. The monoisotopic (exact) mass is 500 g/mol. The van der Waals surface area contributed by atoms with Crippen LogP contribution in [0.2, 0.25) is 0 Å². The Hall–Kier alpha value is -4.33. The third-order valence-electron chi connectivity index (χ3n) is 6.61. The Bertz CT molecular complexity index is 1150. The second-order valence-electron chi connectivity index (χ2n) is 9.24. The number of carboxylic acids is 1. The van der Waals surface area contributed by atoms with E-state index in [9.17, 15) is 19.5 Å². The first kappa shape index (κ1) is 25.8. The molecule has 8 nitrogen and oxygen atoms in total. The van der Waals surface area contributed by atoms with Crippen LogP contribution in [-0.4, -0.2) is 59.1 Å². The third-order valence-corrected chi connectivity index (χ3v) is 6.61. The van der Waals surface area contributed by atoms with E-state index in [4.69, 9.17) is 0 Å². The number of rotatable bonds is 7. The van der Waals surface area contributed by atoms with E-state index in [-0.39, 0.29) is 31.2 Å². The smallest absolute Gasteiger partial charge is 0.326 e. The summed E-state index contributed by atoms with van der Waals surface area (Å²) in [6, 6.07) is 27.4. The lowest BCUT2D eigenvalue weighted by molar-refractivity contribution is -0.143. The molecule has 0 aromatic heterocycles. The highest BCUT2D eigenvalue weighted by molar-refractivity contribution is 5.99. The van der Waals surface area contributed by atoms with Crippen LogP contribution in [0.1, 0.15) is 18.4 Å². The maximum absolute atomic E-state index is 13.4. The van der Waals surface area contributed by atoms with Crippen molar-refractivity contribution in [2.45, 2.75) is 25.4 Å². The van der Waals surface area contributed by atoms with Gasteiger partial charge in [0.1, 0.15) is 0 Å². The summed E-state index contributed by atoms with van der Waals surface area (Å²) >= 11 is 0. The first-order chi connectivity index (χ1) is 17.9. The number of benzene rings is 3. The molecule has 3 aromatic rings. The van der Waals surface area contributed by atoms with Gasteiger partial charge in [0, 0.05) is 26.7 Å². The number of carbonyl (C=O) groups is 3. The average molecular weight is 501 g/mol. The highest BCUT2D eigenvalue weighted by Gasteiger charge is 2.36. The van der Waals surface area contributed by atoms with Crippen LogP contribution in [0.15, 0.2) is 91.0 Å². The molecular weight excluding hydrogens is 468 g/mol. The van der Waals surface area contributed by atoms with E-state index >= 15 is 0 Å². The van der Waals surface area contributed by atoms with Crippen molar-refractivity contribution in [1.29, 1.82) is 0 Å². The summed E-state index contributed by atoms with van der Waals surface area (Å²) in [5.74, 6) is -1.54. The summed E-state index contributed by atoms with van der Waals surface area (Å²) in [6.45, 7) is 0.726. The van der Waals surface area contributed by atoms with Crippen molar-refractivity contribution in [2.24, 2.45) is 5.92 Å². The molecule has 0 aliphatic carbocycles. The van der Waals surface area contributed by atoms with Crippen LogP contribution < -0.4 is 10.2 Å². The van der Waals surface area contributed by atoms with Crippen molar-refractivity contribution in [3.8, 4) is 0 Å². The Morgan fingerprint density at radius 1 is 0.865 bits per heavy atom. The molecule has 3 aromatic carbocycles. The normalized spacial score (nSPS) is 17.1. The summed E-state index contributed by atoms with van der Waals surface area (Å²) in [4.78, 5) is 43.4. The van der Waals surface area contributed by atoms with Crippen LogP contribution >= 0.6 is 0 Å². The number of nitrogens with one attached hydrogen (secondary N) is 1. The number of amides is 4. The second-order valence-corrected chi connectivity index (χ2v) is 9.24. The number of carboxylic acid groups (broad SMARTS) is 1. The molecule has 2 atom stereocenters. The number of hydrogen-bond acceptors (Lipinski definition) is 3. The Balaban J connectivity index is 1.49. The summed E-state index contributed by atoms with van der Waals surface area (Å²) < 4.78 is 0. The zero-order chi connectivity index (χ0) is 26.2. The average Bonchev–Trinajstić information content (AvgIpc) is 2.93. The van der Waals surface area contributed by atoms with Crippen LogP contribution in [-0.2, 0) is 11.3 Å². The van der Waals surface area contributed by atoms with E-state index in [0.29, 0.717) is 19.4 Å². The van der Waals surface area contributed by atoms with Gasteiger partial charge in [0.25, 0.3) is 0 Å². The van der Waals surface area contributed by atoms with Gasteiger partial charge in [0.15, 0.2) is 0 Å². The lowest BCUT2D eigenvalue weighted by atomic mass is 9.93. The van der Waals surface area contributed by atoms with Gasteiger partial charge in [0.2, 0.25) is 0 Å². The fourth-order valence-electron chi connectivity index (χ4n) is 4.64. The topological polar surface area (TPSA) is 93.2 Å². The maximum atomic E-state index is 13.4. The quantitative estimate of drug-likeness (QED) is 0.480. The first-order valence-electron chi connectivity index (χ1n) is 12.4. The van der Waals surface area contributed by atoms with Gasteiger partial charge >= 0.3 is 18.0 Å². The number of nitrogens with zero attached hydrogens (tertiary/aromatic N) is 3. The molecule has 1 saturated heterocycles. The highest BCUT2D eigenvalue weighted by Crippen LogP contribution is 2.26. The van der Waals surface area contributed by atoms with Crippen LogP contribution in [0.3, 0.4) is 0 Å². The minimum Gasteiger partial charge on any atom is -0.481 e. The number of hydrogen-bond donors (Lipinski definition) is 2. The van der Waals surface area contributed by atoms with Crippen LogP contribution in [0.5, 0.6) is 0 Å². The summed E-state index contributed by atoms with van der Waals surface area (Å²) in [7, 11) is 1.71. The van der Waals surface area contributed by atoms with Crippen molar-refractivity contribution < 1.29 is 19.5 Å². The summed E-state index contributed by atoms with van der Waals surface area (Å²) in [5, 5.41) is 12.6. The van der Waals surface area contributed by atoms with Gasteiger partial charge < -0.3 is 20.2 Å². The van der Waals surface area contributed by atoms with Crippen LogP contribution in [0.4, 0.5) is 21.0 Å². The van der Waals surface area contributed by atoms with E-state index in [1.165, 1.54) is 0 Å². The van der Waals surface area contributed by atoms with Gasteiger partial charge in [-0.05, 0) is 42.7 Å².